The number of hydrogen-bond acceptors (Lipinski definition) is 3. The van der Waals surface area contributed by atoms with E-state index in [0.29, 0.717) is 12.8 Å². The first kappa shape index (κ1) is 12.9. The summed E-state index contributed by atoms with van der Waals surface area (Å²) in [6, 6.07) is 1.84. The number of rotatable bonds is 5. The van der Waals surface area contributed by atoms with Crippen LogP contribution in [0.5, 0.6) is 0 Å². The molecule has 0 heterocycles. The summed E-state index contributed by atoms with van der Waals surface area (Å²) in [6.07, 6.45) is 0.588. The van der Waals surface area contributed by atoms with Crippen LogP contribution < -0.4 is 5.32 Å². The van der Waals surface area contributed by atoms with Crippen LogP contribution in [-0.2, 0) is 4.79 Å². The van der Waals surface area contributed by atoms with E-state index in [0.717, 1.165) is 0 Å². The fraction of sp³-hybridized carbons (Fsp3) is 0.800. The molecule has 0 aliphatic carbocycles. The number of carbonyl (C=O) groups excluding carboxylic acids is 1. The molecule has 0 fully saturated rings. The zero-order valence-corrected chi connectivity index (χ0v) is 8.95. The molecule has 0 saturated carbocycles. The van der Waals surface area contributed by atoms with E-state index < -0.39 is 12.0 Å². The van der Waals surface area contributed by atoms with E-state index in [1.54, 1.807) is 13.8 Å². The van der Waals surface area contributed by atoms with E-state index in [1.165, 1.54) is 0 Å². The normalized spacial score (nSPS) is 16.5. The molecular weight excluding hydrogens is 180 g/mol. The molecule has 0 bridgehead atoms. The third-order valence-corrected chi connectivity index (χ3v) is 1.96. The molecule has 4 heteroatoms. The van der Waals surface area contributed by atoms with Crippen LogP contribution in [0.3, 0.4) is 0 Å². The van der Waals surface area contributed by atoms with Gasteiger partial charge in [-0.1, -0.05) is 6.92 Å². The summed E-state index contributed by atoms with van der Waals surface area (Å²) in [6.45, 7) is 5.28. The SMILES string of the molecule is CCC(C#N)C(=O)NC(C)CC(C)O. The predicted octanol–water partition coefficient (Wildman–Crippen LogP) is 0.812. The molecule has 0 radical (unpaired) electrons. The van der Waals surface area contributed by atoms with Gasteiger partial charge in [-0.05, 0) is 26.7 Å². The maximum absolute atomic E-state index is 11.4. The monoisotopic (exact) mass is 198 g/mol. The molecule has 80 valence electrons. The molecule has 4 nitrogen and oxygen atoms in total. The lowest BCUT2D eigenvalue weighted by atomic mass is 10.1. The minimum absolute atomic E-state index is 0.0927. The first-order chi connectivity index (χ1) is 6.51. The van der Waals surface area contributed by atoms with Crippen LogP contribution in [0.1, 0.15) is 33.6 Å². The van der Waals surface area contributed by atoms with Crippen LogP contribution in [0.15, 0.2) is 0 Å². The Labute approximate surface area is 84.9 Å². The van der Waals surface area contributed by atoms with Crippen molar-refractivity contribution < 1.29 is 9.90 Å². The van der Waals surface area contributed by atoms with Gasteiger partial charge in [-0.2, -0.15) is 5.26 Å². The van der Waals surface area contributed by atoms with Gasteiger partial charge in [0.2, 0.25) is 5.91 Å². The number of carbonyl (C=O) groups is 1. The molecular formula is C10H18N2O2. The Bertz CT molecular complexity index is 221. The second-order valence-corrected chi connectivity index (χ2v) is 3.58. The van der Waals surface area contributed by atoms with Crippen molar-refractivity contribution in [3.05, 3.63) is 0 Å². The van der Waals surface area contributed by atoms with Gasteiger partial charge in [0.25, 0.3) is 0 Å². The van der Waals surface area contributed by atoms with Gasteiger partial charge < -0.3 is 10.4 Å². The van der Waals surface area contributed by atoms with Crippen LogP contribution in [0.4, 0.5) is 0 Å². The average Bonchev–Trinajstić information content (AvgIpc) is 2.04. The van der Waals surface area contributed by atoms with Crippen LogP contribution in [-0.4, -0.2) is 23.2 Å². The van der Waals surface area contributed by atoms with Crippen molar-refractivity contribution >= 4 is 5.91 Å². The summed E-state index contributed by atoms with van der Waals surface area (Å²) >= 11 is 0. The van der Waals surface area contributed by atoms with Gasteiger partial charge in [-0.15, -0.1) is 0 Å². The second kappa shape index (κ2) is 6.39. The Balaban J connectivity index is 3.99. The molecule has 0 spiro atoms. The van der Waals surface area contributed by atoms with Crippen LogP contribution in [0.25, 0.3) is 0 Å². The summed E-state index contributed by atoms with van der Waals surface area (Å²) in [5.74, 6) is -0.824. The number of nitriles is 1. The first-order valence-corrected chi connectivity index (χ1v) is 4.89. The molecule has 0 rings (SSSR count). The van der Waals surface area contributed by atoms with E-state index in [1.807, 2.05) is 13.0 Å². The number of aliphatic hydroxyl groups excluding tert-OH is 1. The van der Waals surface area contributed by atoms with Gasteiger partial charge in [0.1, 0.15) is 5.92 Å². The fourth-order valence-electron chi connectivity index (χ4n) is 1.25. The van der Waals surface area contributed by atoms with Crippen molar-refractivity contribution in [1.82, 2.24) is 5.32 Å². The predicted molar refractivity (Wildman–Crippen MR) is 53.3 cm³/mol. The highest BCUT2D eigenvalue weighted by Crippen LogP contribution is 2.03. The third kappa shape index (κ3) is 4.83. The van der Waals surface area contributed by atoms with Crippen molar-refractivity contribution in [1.29, 1.82) is 5.26 Å². The quantitative estimate of drug-likeness (QED) is 0.686. The lowest BCUT2D eigenvalue weighted by Gasteiger charge is -2.16. The molecule has 0 aromatic heterocycles. The fourth-order valence-corrected chi connectivity index (χ4v) is 1.25. The van der Waals surface area contributed by atoms with E-state index >= 15 is 0 Å². The van der Waals surface area contributed by atoms with Gasteiger partial charge in [0.15, 0.2) is 0 Å². The Hall–Kier alpha value is -1.08. The largest absolute Gasteiger partial charge is 0.393 e. The molecule has 0 aliphatic rings. The van der Waals surface area contributed by atoms with Crippen molar-refractivity contribution in [3.63, 3.8) is 0 Å². The van der Waals surface area contributed by atoms with E-state index in [2.05, 4.69) is 5.32 Å². The smallest absolute Gasteiger partial charge is 0.237 e. The summed E-state index contributed by atoms with van der Waals surface area (Å²) in [7, 11) is 0. The van der Waals surface area contributed by atoms with Crippen LogP contribution >= 0.6 is 0 Å². The van der Waals surface area contributed by atoms with Gasteiger partial charge in [-0.3, -0.25) is 4.79 Å². The molecule has 3 unspecified atom stereocenters. The topological polar surface area (TPSA) is 73.1 Å². The number of aliphatic hydroxyl groups is 1. The van der Waals surface area contributed by atoms with Crippen LogP contribution in [0.2, 0.25) is 0 Å². The first-order valence-electron chi connectivity index (χ1n) is 4.89. The molecule has 0 aromatic rings. The van der Waals surface area contributed by atoms with E-state index in [-0.39, 0.29) is 11.9 Å². The molecule has 2 N–H and O–H groups in total. The maximum Gasteiger partial charge on any atom is 0.237 e. The highest BCUT2D eigenvalue weighted by molar-refractivity contribution is 5.81. The lowest BCUT2D eigenvalue weighted by molar-refractivity contribution is -0.124. The van der Waals surface area contributed by atoms with Gasteiger partial charge >= 0.3 is 0 Å². The number of amides is 1. The van der Waals surface area contributed by atoms with Crippen molar-refractivity contribution in [3.8, 4) is 6.07 Å². The number of nitrogens with zero attached hydrogens (tertiary/aromatic N) is 1. The average molecular weight is 198 g/mol. The Morgan fingerprint density at radius 2 is 2.14 bits per heavy atom. The maximum atomic E-state index is 11.4. The van der Waals surface area contributed by atoms with Gasteiger partial charge in [-0.25, -0.2) is 0 Å². The summed E-state index contributed by atoms with van der Waals surface area (Å²) < 4.78 is 0. The molecule has 0 aromatic carbocycles. The zero-order chi connectivity index (χ0) is 11.1. The van der Waals surface area contributed by atoms with E-state index in [4.69, 9.17) is 10.4 Å². The third-order valence-electron chi connectivity index (χ3n) is 1.96. The van der Waals surface area contributed by atoms with Gasteiger partial charge in [0.05, 0.1) is 12.2 Å². The molecule has 14 heavy (non-hydrogen) atoms. The summed E-state index contributed by atoms with van der Waals surface area (Å²) in [5.41, 5.74) is 0. The summed E-state index contributed by atoms with van der Waals surface area (Å²) in [5, 5.41) is 20.4. The molecule has 3 atom stereocenters. The van der Waals surface area contributed by atoms with E-state index in [9.17, 15) is 4.79 Å². The Morgan fingerprint density at radius 3 is 2.50 bits per heavy atom. The molecule has 0 saturated heterocycles. The number of nitrogens with one attached hydrogen (secondary N) is 1. The Morgan fingerprint density at radius 1 is 1.57 bits per heavy atom. The molecule has 1 amide bonds. The highest BCUT2D eigenvalue weighted by atomic mass is 16.3. The highest BCUT2D eigenvalue weighted by Gasteiger charge is 2.17. The van der Waals surface area contributed by atoms with Crippen LogP contribution in [0, 0.1) is 17.2 Å². The van der Waals surface area contributed by atoms with Crippen molar-refractivity contribution in [2.24, 2.45) is 5.92 Å². The van der Waals surface area contributed by atoms with Gasteiger partial charge in [0, 0.05) is 6.04 Å². The number of hydrogen-bond donors (Lipinski definition) is 2. The second-order valence-electron chi connectivity index (χ2n) is 3.58. The Kier molecular flexibility index (Phi) is 5.89. The molecule has 0 aliphatic heterocycles. The lowest BCUT2D eigenvalue weighted by Crippen LogP contribution is -2.38. The minimum Gasteiger partial charge on any atom is -0.393 e. The van der Waals surface area contributed by atoms with Crippen molar-refractivity contribution in [2.45, 2.75) is 45.8 Å². The van der Waals surface area contributed by atoms with Crippen molar-refractivity contribution in [2.75, 3.05) is 0 Å². The minimum atomic E-state index is -0.577. The zero-order valence-electron chi connectivity index (χ0n) is 8.95. The summed E-state index contributed by atoms with van der Waals surface area (Å²) in [4.78, 5) is 11.4. The standard InChI is InChI=1S/C10H18N2O2/c1-4-9(6-11)10(14)12-7(2)5-8(3)13/h7-9,13H,4-5H2,1-3H3,(H,12,14).